The molecule has 2 fully saturated rings. The van der Waals surface area contributed by atoms with Crippen molar-refractivity contribution in [2.24, 2.45) is 4.99 Å². The topological polar surface area (TPSA) is 64.1 Å². The largest absolute Gasteiger partial charge is 0.363 e. The van der Waals surface area contributed by atoms with Crippen molar-refractivity contribution in [3.63, 3.8) is 0 Å². The lowest BCUT2D eigenvalue weighted by molar-refractivity contribution is -0.135. The number of carbonyl (C=O) groups excluding carboxylic acids is 1. The Morgan fingerprint density at radius 1 is 1.36 bits per heavy atom. The van der Waals surface area contributed by atoms with E-state index < -0.39 is 0 Å². The van der Waals surface area contributed by atoms with Gasteiger partial charge in [0, 0.05) is 40.3 Å². The molecule has 1 aromatic rings. The first-order valence-electron chi connectivity index (χ1n) is 8.47. The van der Waals surface area contributed by atoms with Gasteiger partial charge >= 0.3 is 0 Å². The summed E-state index contributed by atoms with van der Waals surface area (Å²) in [6, 6.07) is 6.46. The monoisotopic (exact) mass is 458 g/mol. The van der Waals surface area contributed by atoms with E-state index >= 15 is 0 Å². The number of carbonyl (C=O) groups is 1. The Morgan fingerprint density at radius 2 is 2.12 bits per heavy atom. The molecule has 1 saturated heterocycles. The molecule has 1 N–H and O–H groups in total. The van der Waals surface area contributed by atoms with Crippen LogP contribution < -0.4 is 10.2 Å². The van der Waals surface area contributed by atoms with E-state index in [0.29, 0.717) is 19.1 Å². The number of anilines is 1. The average Bonchev–Trinajstić information content (AvgIpc) is 3.40. The summed E-state index contributed by atoms with van der Waals surface area (Å²) in [7, 11) is 5.70. The van der Waals surface area contributed by atoms with E-state index in [1.807, 2.05) is 47.0 Å². The Hall–Kier alpha value is -1.58. The number of hydrogen-bond acceptors (Lipinski definition) is 4. The smallest absolute Gasteiger partial charge is 0.242 e. The molecule has 0 bridgehead atoms. The van der Waals surface area contributed by atoms with Crippen LogP contribution in [0.2, 0.25) is 0 Å². The lowest BCUT2D eigenvalue weighted by Crippen LogP contribution is -2.55. The fourth-order valence-corrected chi connectivity index (χ4v) is 2.96. The molecule has 1 aliphatic carbocycles. The highest BCUT2D eigenvalue weighted by Crippen LogP contribution is 2.28. The molecule has 1 aliphatic heterocycles. The SMILES string of the molecule is CN=C(NCc1cccc(N(C)C)n1)N1CCN(C2CC2)C(=O)C1.I. The van der Waals surface area contributed by atoms with E-state index in [0.717, 1.165) is 43.4 Å². The lowest BCUT2D eigenvalue weighted by Gasteiger charge is -2.36. The minimum Gasteiger partial charge on any atom is -0.363 e. The van der Waals surface area contributed by atoms with Crippen molar-refractivity contribution in [2.75, 3.05) is 45.7 Å². The van der Waals surface area contributed by atoms with E-state index in [1.165, 1.54) is 0 Å². The molecule has 2 heterocycles. The van der Waals surface area contributed by atoms with Crippen LogP contribution in [0.3, 0.4) is 0 Å². The highest BCUT2D eigenvalue weighted by atomic mass is 127. The molecule has 8 heteroatoms. The summed E-state index contributed by atoms with van der Waals surface area (Å²) in [4.78, 5) is 27.2. The predicted molar refractivity (Wildman–Crippen MR) is 110 cm³/mol. The van der Waals surface area contributed by atoms with E-state index in [2.05, 4.69) is 15.3 Å². The standard InChI is InChI=1S/C17H26N6O.HI/c1-18-17(19-11-13-5-4-6-15(20-13)21(2)3)22-9-10-23(14-7-8-14)16(24)12-22;/h4-6,14H,7-12H2,1-3H3,(H,18,19);1H. The van der Waals surface area contributed by atoms with Gasteiger partial charge in [-0.1, -0.05) is 6.07 Å². The third kappa shape index (κ3) is 4.96. The molecule has 3 rings (SSSR count). The molecular weight excluding hydrogens is 431 g/mol. The Labute approximate surface area is 166 Å². The van der Waals surface area contributed by atoms with Crippen LogP contribution in [0, 0.1) is 0 Å². The molecule has 138 valence electrons. The molecular formula is C17H27IN6O. The first-order chi connectivity index (χ1) is 11.6. The molecule has 2 aliphatic rings. The number of pyridine rings is 1. The summed E-state index contributed by atoms with van der Waals surface area (Å²) >= 11 is 0. The lowest BCUT2D eigenvalue weighted by atomic mass is 10.3. The second kappa shape index (κ2) is 8.68. The summed E-state index contributed by atoms with van der Waals surface area (Å²) in [5, 5.41) is 3.33. The van der Waals surface area contributed by atoms with Gasteiger partial charge in [0.1, 0.15) is 5.82 Å². The van der Waals surface area contributed by atoms with Gasteiger partial charge in [0.05, 0.1) is 18.8 Å². The molecule has 1 aromatic heterocycles. The van der Waals surface area contributed by atoms with Crippen molar-refractivity contribution in [3.8, 4) is 0 Å². The number of piperazine rings is 1. The molecule has 1 amide bonds. The van der Waals surface area contributed by atoms with Crippen LogP contribution in [0.1, 0.15) is 18.5 Å². The van der Waals surface area contributed by atoms with Gasteiger partial charge in [-0.25, -0.2) is 4.98 Å². The predicted octanol–water partition coefficient (Wildman–Crippen LogP) is 1.15. The van der Waals surface area contributed by atoms with Gasteiger partial charge in [0.2, 0.25) is 5.91 Å². The van der Waals surface area contributed by atoms with Crippen LogP contribution in [0.5, 0.6) is 0 Å². The highest BCUT2D eigenvalue weighted by Gasteiger charge is 2.36. The van der Waals surface area contributed by atoms with Gasteiger partial charge in [-0.05, 0) is 25.0 Å². The third-order valence-electron chi connectivity index (χ3n) is 4.43. The number of aromatic nitrogens is 1. The minimum absolute atomic E-state index is 0. The maximum Gasteiger partial charge on any atom is 0.242 e. The number of amides is 1. The van der Waals surface area contributed by atoms with Gasteiger partial charge in [0.15, 0.2) is 5.96 Å². The summed E-state index contributed by atoms with van der Waals surface area (Å²) < 4.78 is 0. The molecule has 1 saturated carbocycles. The van der Waals surface area contributed by atoms with Crippen LogP contribution in [0.15, 0.2) is 23.2 Å². The summed E-state index contributed by atoms with van der Waals surface area (Å²) in [5.74, 6) is 1.90. The maximum atomic E-state index is 12.3. The second-order valence-corrected chi connectivity index (χ2v) is 6.52. The Kier molecular flexibility index (Phi) is 6.86. The number of hydrogen-bond donors (Lipinski definition) is 1. The quantitative estimate of drug-likeness (QED) is 0.417. The zero-order valence-electron chi connectivity index (χ0n) is 15.1. The molecule has 0 atom stereocenters. The summed E-state index contributed by atoms with van der Waals surface area (Å²) in [5.41, 5.74) is 0.949. The fourth-order valence-electron chi connectivity index (χ4n) is 2.96. The first-order valence-corrected chi connectivity index (χ1v) is 8.47. The Bertz CT molecular complexity index is 631. The van der Waals surface area contributed by atoms with Gasteiger partial charge in [-0.3, -0.25) is 9.79 Å². The van der Waals surface area contributed by atoms with Crippen molar-refractivity contribution in [1.82, 2.24) is 20.1 Å². The minimum atomic E-state index is 0. The number of rotatable bonds is 4. The average molecular weight is 458 g/mol. The van der Waals surface area contributed by atoms with Crippen LogP contribution in [0.25, 0.3) is 0 Å². The summed E-state index contributed by atoms with van der Waals surface area (Å²) in [6.45, 7) is 2.61. The van der Waals surface area contributed by atoms with Crippen molar-refractivity contribution in [3.05, 3.63) is 23.9 Å². The van der Waals surface area contributed by atoms with Crippen molar-refractivity contribution >= 4 is 41.7 Å². The molecule has 25 heavy (non-hydrogen) atoms. The zero-order valence-corrected chi connectivity index (χ0v) is 17.4. The number of halogens is 1. The van der Waals surface area contributed by atoms with Crippen molar-refractivity contribution in [2.45, 2.75) is 25.4 Å². The van der Waals surface area contributed by atoms with Gasteiger partial charge in [0.25, 0.3) is 0 Å². The van der Waals surface area contributed by atoms with Gasteiger partial charge in [-0.15, -0.1) is 24.0 Å². The van der Waals surface area contributed by atoms with Crippen molar-refractivity contribution < 1.29 is 4.79 Å². The number of aliphatic imine (C=N–C) groups is 1. The van der Waals surface area contributed by atoms with E-state index in [1.54, 1.807) is 7.05 Å². The second-order valence-electron chi connectivity index (χ2n) is 6.52. The number of nitrogens with one attached hydrogen (secondary N) is 1. The maximum absolute atomic E-state index is 12.3. The van der Waals surface area contributed by atoms with Crippen LogP contribution >= 0.6 is 24.0 Å². The van der Waals surface area contributed by atoms with E-state index in [4.69, 9.17) is 0 Å². The fraction of sp³-hybridized carbons (Fsp3) is 0.588. The number of guanidine groups is 1. The van der Waals surface area contributed by atoms with Gasteiger partial charge in [-0.2, -0.15) is 0 Å². The molecule has 0 radical (unpaired) electrons. The molecule has 0 unspecified atom stereocenters. The summed E-state index contributed by atoms with van der Waals surface area (Å²) in [6.07, 6.45) is 2.32. The van der Waals surface area contributed by atoms with Crippen LogP contribution in [0.4, 0.5) is 5.82 Å². The van der Waals surface area contributed by atoms with E-state index in [9.17, 15) is 4.79 Å². The van der Waals surface area contributed by atoms with Crippen LogP contribution in [-0.2, 0) is 11.3 Å². The van der Waals surface area contributed by atoms with Crippen molar-refractivity contribution in [1.29, 1.82) is 0 Å². The van der Waals surface area contributed by atoms with Crippen LogP contribution in [-0.4, -0.2) is 73.5 Å². The molecule has 7 nitrogen and oxygen atoms in total. The highest BCUT2D eigenvalue weighted by molar-refractivity contribution is 14.0. The zero-order chi connectivity index (χ0) is 17.1. The first kappa shape index (κ1) is 19.7. The van der Waals surface area contributed by atoms with Gasteiger partial charge < -0.3 is 20.0 Å². The Balaban J connectivity index is 0.00000225. The Morgan fingerprint density at radius 3 is 2.72 bits per heavy atom. The normalized spacial score (nSPS) is 18.0. The van der Waals surface area contributed by atoms with E-state index in [-0.39, 0.29) is 29.9 Å². The third-order valence-corrected chi connectivity index (χ3v) is 4.43. The molecule has 0 spiro atoms. The molecule has 0 aromatic carbocycles. The number of nitrogens with zero attached hydrogens (tertiary/aromatic N) is 5.